The summed E-state index contributed by atoms with van der Waals surface area (Å²) in [4.78, 5) is 39.4. The van der Waals surface area contributed by atoms with E-state index in [1.165, 1.54) is 0 Å². The first-order chi connectivity index (χ1) is 13.9. The van der Waals surface area contributed by atoms with Crippen LogP contribution in [0.2, 0.25) is 0 Å². The van der Waals surface area contributed by atoms with Crippen molar-refractivity contribution < 1.29 is 14.4 Å². The molecule has 0 saturated carbocycles. The van der Waals surface area contributed by atoms with Gasteiger partial charge in [-0.2, -0.15) is 0 Å². The lowest BCUT2D eigenvalue weighted by molar-refractivity contribution is -0.143. The number of piperidine rings is 1. The topological polar surface area (TPSA) is 75.1 Å². The molecule has 2 saturated heterocycles. The lowest BCUT2D eigenvalue weighted by atomic mass is 9.89. The van der Waals surface area contributed by atoms with Crippen LogP contribution in [0.25, 0.3) is 0 Å². The molecule has 1 aromatic rings. The standard InChI is InChI=1S/C21H30N4O3S/c1-14(2)23-28-16(4)20(26)24-9-7-17(8-10-24)19-18(6-5-15(3)22-19)21(27)25-11-12-29-13-25/h5-6,16-17H,7-13H2,1-4H3. The molecule has 1 unspecified atom stereocenters. The number of rotatable bonds is 5. The summed E-state index contributed by atoms with van der Waals surface area (Å²) in [5, 5.41) is 3.90. The van der Waals surface area contributed by atoms with Crippen molar-refractivity contribution in [1.29, 1.82) is 0 Å². The molecule has 7 nitrogen and oxygen atoms in total. The van der Waals surface area contributed by atoms with Crippen molar-refractivity contribution in [3.05, 3.63) is 29.1 Å². The molecule has 3 heterocycles. The SMILES string of the molecule is CC(C)=NOC(C)C(=O)N1CCC(c2nc(C)ccc2C(=O)N2CCSC2)CC1. The highest BCUT2D eigenvalue weighted by atomic mass is 32.2. The van der Waals surface area contributed by atoms with E-state index in [2.05, 4.69) is 5.16 Å². The lowest BCUT2D eigenvalue weighted by Gasteiger charge is -2.33. The summed E-state index contributed by atoms with van der Waals surface area (Å²) in [6.07, 6.45) is 0.989. The lowest BCUT2D eigenvalue weighted by Crippen LogP contribution is -2.43. The maximum atomic E-state index is 13.0. The molecule has 0 radical (unpaired) electrons. The molecule has 2 fully saturated rings. The summed E-state index contributed by atoms with van der Waals surface area (Å²) in [6, 6.07) is 3.83. The highest BCUT2D eigenvalue weighted by Gasteiger charge is 2.31. The number of carbonyl (C=O) groups is 2. The zero-order valence-corrected chi connectivity index (χ0v) is 18.5. The molecule has 8 heteroatoms. The van der Waals surface area contributed by atoms with Crippen molar-refractivity contribution in [2.24, 2.45) is 5.16 Å². The molecule has 158 valence electrons. The Kier molecular flexibility index (Phi) is 7.16. The van der Waals surface area contributed by atoms with Gasteiger partial charge in [-0.05, 0) is 52.7 Å². The first kappa shape index (κ1) is 21.6. The minimum absolute atomic E-state index is 0.0453. The first-order valence-corrected chi connectivity index (χ1v) is 11.3. The van der Waals surface area contributed by atoms with Crippen molar-refractivity contribution in [3.8, 4) is 0 Å². The average molecular weight is 419 g/mol. The molecular weight excluding hydrogens is 388 g/mol. The van der Waals surface area contributed by atoms with Crippen molar-refractivity contribution in [2.75, 3.05) is 31.3 Å². The number of hydrogen-bond acceptors (Lipinski definition) is 6. The van der Waals surface area contributed by atoms with Gasteiger partial charge in [0.05, 0.1) is 22.8 Å². The van der Waals surface area contributed by atoms with Crippen molar-refractivity contribution >= 4 is 29.3 Å². The third-order valence-electron chi connectivity index (χ3n) is 5.27. The Labute approximate surface area is 176 Å². The Balaban J connectivity index is 1.67. The molecule has 29 heavy (non-hydrogen) atoms. The molecular formula is C21H30N4O3S. The molecule has 0 aliphatic carbocycles. The molecule has 0 bridgehead atoms. The molecule has 2 aliphatic heterocycles. The van der Waals surface area contributed by atoms with E-state index in [0.717, 1.165) is 48.1 Å². The van der Waals surface area contributed by atoms with E-state index in [1.54, 1.807) is 18.7 Å². The number of aryl methyl sites for hydroxylation is 1. The monoisotopic (exact) mass is 418 g/mol. The molecule has 0 aromatic carbocycles. The van der Waals surface area contributed by atoms with Gasteiger partial charge in [0, 0.05) is 37.0 Å². The molecule has 2 amide bonds. The van der Waals surface area contributed by atoms with Gasteiger partial charge in [0.1, 0.15) is 0 Å². The predicted octanol–water partition coefficient (Wildman–Crippen LogP) is 3.04. The van der Waals surface area contributed by atoms with Gasteiger partial charge in [-0.25, -0.2) is 0 Å². The maximum Gasteiger partial charge on any atom is 0.266 e. The summed E-state index contributed by atoms with van der Waals surface area (Å²) >= 11 is 1.78. The minimum atomic E-state index is -0.594. The third kappa shape index (κ3) is 5.29. The van der Waals surface area contributed by atoms with Crippen LogP contribution in [0.4, 0.5) is 0 Å². The van der Waals surface area contributed by atoms with Gasteiger partial charge < -0.3 is 14.6 Å². The van der Waals surface area contributed by atoms with Gasteiger partial charge in [0.25, 0.3) is 11.8 Å². The number of carbonyl (C=O) groups excluding carboxylic acids is 2. The van der Waals surface area contributed by atoms with E-state index >= 15 is 0 Å². The van der Waals surface area contributed by atoms with Crippen LogP contribution in [0.3, 0.4) is 0 Å². The summed E-state index contributed by atoms with van der Waals surface area (Å²) in [7, 11) is 0. The van der Waals surface area contributed by atoms with E-state index in [1.807, 2.05) is 42.7 Å². The van der Waals surface area contributed by atoms with Crippen molar-refractivity contribution in [3.63, 3.8) is 0 Å². The fourth-order valence-corrected chi connectivity index (χ4v) is 4.62. The van der Waals surface area contributed by atoms with Crippen LogP contribution in [0, 0.1) is 6.92 Å². The number of oxime groups is 1. The van der Waals surface area contributed by atoms with E-state index in [0.29, 0.717) is 18.7 Å². The number of pyridine rings is 1. The largest absolute Gasteiger partial charge is 0.383 e. The number of thioether (sulfide) groups is 1. The van der Waals surface area contributed by atoms with Gasteiger partial charge in [-0.3, -0.25) is 14.6 Å². The Morgan fingerprint density at radius 2 is 1.93 bits per heavy atom. The number of nitrogens with zero attached hydrogens (tertiary/aromatic N) is 4. The van der Waals surface area contributed by atoms with Gasteiger partial charge in [-0.15, -0.1) is 11.8 Å². The van der Waals surface area contributed by atoms with Gasteiger partial charge >= 0.3 is 0 Å². The fourth-order valence-electron chi connectivity index (χ4n) is 3.67. The van der Waals surface area contributed by atoms with Crippen LogP contribution in [0.5, 0.6) is 0 Å². The van der Waals surface area contributed by atoms with Gasteiger partial charge in [0.2, 0.25) is 6.10 Å². The number of amides is 2. The zero-order chi connectivity index (χ0) is 21.0. The number of likely N-dealkylation sites (tertiary alicyclic amines) is 1. The second-order valence-corrected chi connectivity index (χ2v) is 8.95. The first-order valence-electron chi connectivity index (χ1n) is 10.2. The van der Waals surface area contributed by atoms with Gasteiger partial charge in [0.15, 0.2) is 0 Å². The minimum Gasteiger partial charge on any atom is -0.383 e. The van der Waals surface area contributed by atoms with Crippen LogP contribution in [-0.2, 0) is 9.63 Å². The van der Waals surface area contributed by atoms with E-state index in [4.69, 9.17) is 9.82 Å². The number of hydrogen-bond donors (Lipinski definition) is 0. The Morgan fingerprint density at radius 1 is 1.21 bits per heavy atom. The zero-order valence-electron chi connectivity index (χ0n) is 17.7. The predicted molar refractivity (Wildman–Crippen MR) is 115 cm³/mol. The molecule has 2 aliphatic rings. The highest BCUT2D eigenvalue weighted by molar-refractivity contribution is 7.99. The Hall–Kier alpha value is -2.09. The molecule has 0 spiro atoms. The molecule has 3 rings (SSSR count). The fraction of sp³-hybridized carbons (Fsp3) is 0.619. The molecule has 1 aromatic heterocycles. The van der Waals surface area contributed by atoms with Crippen LogP contribution in [0.1, 0.15) is 61.3 Å². The van der Waals surface area contributed by atoms with E-state index < -0.39 is 6.10 Å². The van der Waals surface area contributed by atoms with Crippen LogP contribution < -0.4 is 0 Å². The van der Waals surface area contributed by atoms with Gasteiger partial charge in [-0.1, -0.05) is 5.16 Å². The van der Waals surface area contributed by atoms with Crippen LogP contribution in [0.15, 0.2) is 17.3 Å². The second-order valence-electron chi connectivity index (χ2n) is 7.88. The van der Waals surface area contributed by atoms with E-state index in [-0.39, 0.29) is 17.7 Å². The normalized spacial score (nSPS) is 18.5. The smallest absolute Gasteiger partial charge is 0.266 e. The van der Waals surface area contributed by atoms with Crippen molar-refractivity contribution in [2.45, 2.75) is 52.6 Å². The van der Waals surface area contributed by atoms with E-state index in [9.17, 15) is 9.59 Å². The highest BCUT2D eigenvalue weighted by Crippen LogP contribution is 2.31. The third-order valence-corrected chi connectivity index (χ3v) is 6.23. The van der Waals surface area contributed by atoms with Crippen molar-refractivity contribution in [1.82, 2.24) is 14.8 Å². The summed E-state index contributed by atoms with van der Waals surface area (Å²) in [6.45, 7) is 9.41. The van der Waals surface area contributed by atoms with Crippen LogP contribution in [-0.4, -0.2) is 69.7 Å². The number of aromatic nitrogens is 1. The summed E-state index contributed by atoms with van der Waals surface area (Å²) in [5.74, 6) is 1.95. The maximum absolute atomic E-state index is 13.0. The molecule has 1 atom stereocenters. The average Bonchev–Trinajstić information content (AvgIpc) is 3.26. The summed E-state index contributed by atoms with van der Waals surface area (Å²) in [5.41, 5.74) is 3.30. The second kappa shape index (κ2) is 9.61. The Morgan fingerprint density at radius 3 is 2.55 bits per heavy atom. The van der Waals surface area contributed by atoms with Crippen LogP contribution >= 0.6 is 11.8 Å². The Bertz CT molecular complexity index is 780. The molecule has 0 N–H and O–H groups in total. The quantitative estimate of drug-likeness (QED) is 0.543. The summed E-state index contributed by atoms with van der Waals surface area (Å²) < 4.78 is 0.